The highest BCUT2D eigenvalue weighted by Gasteiger charge is 2.23. The Morgan fingerprint density at radius 1 is 1.11 bits per heavy atom. The first-order chi connectivity index (χ1) is 13.7. The molecule has 2 aromatic carbocycles. The molecule has 0 aliphatic rings. The molecule has 0 aliphatic carbocycles. The summed E-state index contributed by atoms with van der Waals surface area (Å²) < 4.78 is 4.97. The second-order valence-electron chi connectivity index (χ2n) is 6.30. The summed E-state index contributed by atoms with van der Waals surface area (Å²) in [5.74, 6) is 0.148. The van der Waals surface area contributed by atoms with E-state index in [4.69, 9.17) is 10.5 Å². The van der Waals surface area contributed by atoms with Crippen molar-refractivity contribution >= 4 is 28.5 Å². The third-order valence-electron chi connectivity index (χ3n) is 4.50. The molecule has 7 nitrogen and oxygen atoms in total. The van der Waals surface area contributed by atoms with Crippen molar-refractivity contribution in [3.63, 3.8) is 0 Å². The highest BCUT2D eigenvalue weighted by atomic mass is 16.5. The standard InChI is InChI=1S/C21H19N5O2/c1-28-21(27)18(14-5-3-2-4-6-14)26-20-16-11-17(25-19(16)23-12-24-20)13-7-9-15(22)10-8-13/h2-12,18H,22H2,1H3,(H2,23,24,25,26). The predicted octanol–water partition coefficient (Wildman–Crippen LogP) is 3.53. The van der Waals surface area contributed by atoms with Gasteiger partial charge in [-0.1, -0.05) is 42.5 Å². The first-order valence-corrected chi connectivity index (χ1v) is 8.74. The first-order valence-electron chi connectivity index (χ1n) is 8.74. The first kappa shape index (κ1) is 17.5. The number of H-pyrrole nitrogens is 1. The van der Waals surface area contributed by atoms with Crippen LogP contribution in [0.4, 0.5) is 11.5 Å². The van der Waals surface area contributed by atoms with E-state index in [1.165, 1.54) is 13.4 Å². The molecule has 1 unspecified atom stereocenters. The molecule has 2 aromatic heterocycles. The highest BCUT2D eigenvalue weighted by Crippen LogP contribution is 2.29. The Bertz CT molecular complexity index is 1110. The number of methoxy groups -OCH3 is 1. The van der Waals surface area contributed by atoms with E-state index < -0.39 is 12.0 Å². The second-order valence-corrected chi connectivity index (χ2v) is 6.30. The van der Waals surface area contributed by atoms with Gasteiger partial charge in [-0.15, -0.1) is 0 Å². The summed E-state index contributed by atoms with van der Waals surface area (Å²) in [4.78, 5) is 24.3. The molecule has 0 spiro atoms. The molecule has 0 aliphatic heterocycles. The SMILES string of the molecule is COC(=O)C(Nc1ncnc2[nH]c(-c3ccc(N)cc3)cc12)c1ccccc1. The van der Waals surface area contributed by atoms with Crippen LogP contribution in [-0.4, -0.2) is 28.0 Å². The van der Waals surface area contributed by atoms with E-state index in [1.807, 2.05) is 60.7 Å². The van der Waals surface area contributed by atoms with E-state index in [0.29, 0.717) is 17.2 Å². The Hall–Kier alpha value is -3.87. The zero-order valence-electron chi connectivity index (χ0n) is 15.2. The van der Waals surface area contributed by atoms with E-state index >= 15 is 0 Å². The van der Waals surface area contributed by atoms with Crippen LogP contribution in [0.1, 0.15) is 11.6 Å². The van der Waals surface area contributed by atoms with Crippen LogP contribution in [0.5, 0.6) is 0 Å². The number of carbonyl (C=O) groups is 1. The van der Waals surface area contributed by atoms with Gasteiger partial charge in [0.15, 0.2) is 6.04 Å². The maximum atomic E-state index is 12.4. The third kappa shape index (κ3) is 3.37. The highest BCUT2D eigenvalue weighted by molar-refractivity contribution is 5.93. The lowest BCUT2D eigenvalue weighted by Gasteiger charge is -2.17. The van der Waals surface area contributed by atoms with Gasteiger partial charge in [-0.25, -0.2) is 14.8 Å². The number of ether oxygens (including phenoxy) is 1. The van der Waals surface area contributed by atoms with Crippen LogP contribution in [0.25, 0.3) is 22.3 Å². The van der Waals surface area contributed by atoms with Gasteiger partial charge in [0.05, 0.1) is 12.5 Å². The average Bonchev–Trinajstić information content (AvgIpc) is 3.17. The number of hydrogen-bond donors (Lipinski definition) is 3. The largest absolute Gasteiger partial charge is 0.467 e. The van der Waals surface area contributed by atoms with Crippen molar-refractivity contribution in [3.8, 4) is 11.3 Å². The summed E-state index contributed by atoms with van der Waals surface area (Å²) in [5, 5.41) is 3.97. The number of esters is 1. The van der Waals surface area contributed by atoms with E-state index in [9.17, 15) is 4.79 Å². The molecule has 0 radical (unpaired) electrons. The van der Waals surface area contributed by atoms with Crippen LogP contribution in [0.2, 0.25) is 0 Å². The molecule has 28 heavy (non-hydrogen) atoms. The van der Waals surface area contributed by atoms with Crippen molar-refractivity contribution in [1.82, 2.24) is 15.0 Å². The number of carbonyl (C=O) groups excluding carboxylic acids is 1. The molecule has 1 atom stereocenters. The summed E-state index contributed by atoms with van der Waals surface area (Å²) in [6.07, 6.45) is 1.45. The molecule has 0 fully saturated rings. The van der Waals surface area contributed by atoms with Gasteiger partial charge < -0.3 is 20.8 Å². The van der Waals surface area contributed by atoms with Crippen molar-refractivity contribution in [1.29, 1.82) is 0 Å². The molecule has 4 rings (SSSR count). The lowest BCUT2D eigenvalue weighted by atomic mass is 10.1. The average molecular weight is 373 g/mol. The van der Waals surface area contributed by atoms with Crippen molar-refractivity contribution in [2.24, 2.45) is 0 Å². The number of fused-ring (bicyclic) bond motifs is 1. The minimum absolute atomic E-state index is 0.396. The van der Waals surface area contributed by atoms with Gasteiger partial charge >= 0.3 is 5.97 Å². The fourth-order valence-electron chi connectivity index (χ4n) is 3.05. The molecular formula is C21H19N5O2. The van der Waals surface area contributed by atoms with Crippen LogP contribution in [0, 0.1) is 0 Å². The van der Waals surface area contributed by atoms with Crippen LogP contribution in [0.3, 0.4) is 0 Å². The van der Waals surface area contributed by atoms with Gasteiger partial charge in [-0.05, 0) is 29.3 Å². The molecular weight excluding hydrogens is 354 g/mol. The van der Waals surface area contributed by atoms with Crippen molar-refractivity contribution in [2.75, 3.05) is 18.2 Å². The molecule has 2 heterocycles. The Labute approximate surface area is 161 Å². The van der Waals surface area contributed by atoms with Gasteiger partial charge in [0, 0.05) is 11.4 Å². The van der Waals surface area contributed by atoms with Crippen LogP contribution >= 0.6 is 0 Å². The molecule has 140 valence electrons. The Kier molecular flexibility index (Phi) is 4.63. The monoisotopic (exact) mass is 373 g/mol. The molecule has 0 bridgehead atoms. The molecule has 0 amide bonds. The van der Waals surface area contributed by atoms with E-state index in [-0.39, 0.29) is 0 Å². The number of nitrogens with zero attached hydrogens (tertiary/aromatic N) is 2. The van der Waals surface area contributed by atoms with Crippen molar-refractivity contribution in [2.45, 2.75) is 6.04 Å². The quantitative estimate of drug-likeness (QED) is 0.365. The lowest BCUT2D eigenvalue weighted by Crippen LogP contribution is -2.22. The number of rotatable bonds is 5. The minimum Gasteiger partial charge on any atom is -0.467 e. The zero-order valence-corrected chi connectivity index (χ0v) is 15.2. The third-order valence-corrected chi connectivity index (χ3v) is 4.50. The molecule has 0 saturated carbocycles. The number of aromatic nitrogens is 3. The van der Waals surface area contributed by atoms with Gasteiger partial charge in [-0.2, -0.15) is 0 Å². The topological polar surface area (TPSA) is 106 Å². The molecule has 0 saturated heterocycles. The molecule has 4 aromatic rings. The van der Waals surface area contributed by atoms with Crippen LogP contribution in [-0.2, 0) is 9.53 Å². The number of hydrogen-bond acceptors (Lipinski definition) is 6. The van der Waals surface area contributed by atoms with Gasteiger partial charge in [-0.3, -0.25) is 0 Å². The number of anilines is 2. The number of aromatic amines is 1. The van der Waals surface area contributed by atoms with Crippen molar-refractivity contribution < 1.29 is 9.53 Å². The summed E-state index contributed by atoms with van der Waals surface area (Å²) >= 11 is 0. The van der Waals surface area contributed by atoms with E-state index in [1.54, 1.807) is 0 Å². The van der Waals surface area contributed by atoms with Crippen LogP contribution < -0.4 is 11.1 Å². The van der Waals surface area contributed by atoms with Gasteiger partial charge in [0.25, 0.3) is 0 Å². The molecule has 4 N–H and O–H groups in total. The summed E-state index contributed by atoms with van der Waals surface area (Å²) in [6, 6.07) is 18.2. The Morgan fingerprint density at radius 3 is 2.57 bits per heavy atom. The summed E-state index contributed by atoms with van der Waals surface area (Å²) in [7, 11) is 1.37. The van der Waals surface area contributed by atoms with E-state index in [0.717, 1.165) is 22.2 Å². The lowest BCUT2D eigenvalue weighted by molar-refractivity contribution is -0.141. The fraction of sp³-hybridized carbons (Fsp3) is 0.0952. The maximum absolute atomic E-state index is 12.4. The number of nitrogen functional groups attached to an aromatic ring is 1. The van der Waals surface area contributed by atoms with E-state index in [2.05, 4.69) is 20.3 Å². The smallest absolute Gasteiger partial charge is 0.333 e. The zero-order chi connectivity index (χ0) is 19.5. The molecule has 7 heteroatoms. The van der Waals surface area contributed by atoms with Gasteiger partial charge in [0.1, 0.15) is 17.8 Å². The van der Waals surface area contributed by atoms with Crippen molar-refractivity contribution in [3.05, 3.63) is 72.6 Å². The normalized spacial score (nSPS) is 11.9. The Morgan fingerprint density at radius 2 is 1.86 bits per heavy atom. The second kappa shape index (κ2) is 7.40. The predicted molar refractivity (Wildman–Crippen MR) is 109 cm³/mol. The van der Waals surface area contributed by atoms with Gasteiger partial charge in [0.2, 0.25) is 0 Å². The fourth-order valence-corrected chi connectivity index (χ4v) is 3.05. The summed E-state index contributed by atoms with van der Waals surface area (Å²) in [6.45, 7) is 0. The van der Waals surface area contributed by atoms with Crippen LogP contribution in [0.15, 0.2) is 67.0 Å². The minimum atomic E-state index is -0.681. The number of nitrogens with two attached hydrogens (primary N) is 1. The maximum Gasteiger partial charge on any atom is 0.333 e. The Balaban J connectivity index is 1.73. The number of nitrogens with one attached hydrogen (secondary N) is 2. The number of benzene rings is 2. The summed E-state index contributed by atoms with van der Waals surface area (Å²) in [5.41, 5.74) is 9.78.